The van der Waals surface area contributed by atoms with Gasteiger partial charge in [-0.15, -0.1) is 0 Å². The lowest BCUT2D eigenvalue weighted by Crippen LogP contribution is -2.39. The van der Waals surface area contributed by atoms with Crippen molar-refractivity contribution in [1.82, 2.24) is 5.32 Å². The van der Waals surface area contributed by atoms with Crippen LogP contribution in [0, 0.1) is 11.3 Å². The monoisotopic (exact) mass is 277 g/mol. The number of urea groups is 1. The maximum atomic E-state index is 11.9. The van der Waals surface area contributed by atoms with E-state index >= 15 is 0 Å². The average molecular weight is 277 g/mol. The van der Waals surface area contributed by atoms with Crippen LogP contribution in [-0.4, -0.2) is 36.4 Å². The van der Waals surface area contributed by atoms with Gasteiger partial charge < -0.3 is 10.4 Å². The molecule has 6 heteroatoms. The van der Waals surface area contributed by atoms with E-state index in [0.29, 0.717) is 6.54 Å². The van der Waals surface area contributed by atoms with Crippen molar-refractivity contribution >= 4 is 23.4 Å². The summed E-state index contributed by atoms with van der Waals surface area (Å²) in [4.78, 5) is 23.9. The van der Waals surface area contributed by atoms with Crippen molar-refractivity contribution in [2.75, 3.05) is 18.5 Å². The summed E-state index contributed by atoms with van der Waals surface area (Å²) >= 11 is 0. The lowest BCUT2D eigenvalue weighted by atomic mass is 10.0. The molecule has 20 heavy (non-hydrogen) atoms. The summed E-state index contributed by atoms with van der Waals surface area (Å²) in [6, 6.07) is 8.94. The molecule has 1 atom stereocenters. The molecule has 2 amide bonds. The third-order valence-electron chi connectivity index (χ3n) is 2.86. The number of amides is 2. The van der Waals surface area contributed by atoms with E-state index in [0.717, 1.165) is 5.69 Å². The van der Waals surface area contributed by atoms with Gasteiger partial charge in [0.25, 0.3) is 0 Å². The van der Waals surface area contributed by atoms with Gasteiger partial charge >= 0.3 is 12.0 Å². The molecule has 108 valence electrons. The van der Waals surface area contributed by atoms with Gasteiger partial charge in [0, 0.05) is 25.7 Å². The minimum atomic E-state index is -1.22. The van der Waals surface area contributed by atoms with E-state index < -0.39 is 5.97 Å². The SMILES string of the molecule is CC(CNC(=O)N(C)c1ccccc1)CC(=N)C(=O)O. The fraction of sp³-hybridized carbons (Fsp3) is 0.357. The number of aliphatic carboxylic acids is 1. The molecule has 1 aromatic carbocycles. The fourth-order valence-electron chi connectivity index (χ4n) is 1.66. The van der Waals surface area contributed by atoms with E-state index in [4.69, 9.17) is 10.5 Å². The Morgan fingerprint density at radius 1 is 1.35 bits per heavy atom. The maximum Gasteiger partial charge on any atom is 0.349 e. The quantitative estimate of drug-likeness (QED) is 0.694. The smallest absolute Gasteiger partial charge is 0.349 e. The summed E-state index contributed by atoms with van der Waals surface area (Å²) in [6.45, 7) is 2.12. The van der Waals surface area contributed by atoms with Gasteiger partial charge in [-0.3, -0.25) is 10.3 Å². The molecule has 0 aliphatic heterocycles. The molecule has 0 aromatic heterocycles. The zero-order chi connectivity index (χ0) is 15.1. The Bertz CT molecular complexity index is 488. The third kappa shape index (κ3) is 4.72. The Balaban J connectivity index is 2.43. The first kappa shape index (κ1) is 15.7. The standard InChI is InChI=1S/C14H19N3O3/c1-10(8-12(15)13(18)19)9-16-14(20)17(2)11-6-4-3-5-7-11/h3-7,10,15H,8-9H2,1-2H3,(H,16,20)(H,18,19). The predicted molar refractivity (Wildman–Crippen MR) is 77.4 cm³/mol. The van der Waals surface area contributed by atoms with E-state index in [2.05, 4.69) is 5.32 Å². The summed E-state index contributed by atoms with van der Waals surface area (Å²) in [5.41, 5.74) is 0.430. The molecule has 0 heterocycles. The summed E-state index contributed by atoms with van der Waals surface area (Å²) < 4.78 is 0. The Morgan fingerprint density at radius 3 is 2.50 bits per heavy atom. The van der Waals surface area contributed by atoms with Gasteiger partial charge in [0.2, 0.25) is 0 Å². The molecule has 0 saturated heterocycles. The summed E-state index contributed by atoms with van der Waals surface area (Å²) in [5.74, 6) is -1.32. The van der Waals surface area contributed by atoms with E-state index in [9.17, 15) is 9.59 Å². The molecule has 0 aliphatic rings. The fourth-order valence-corrected chi connectivity index (χ4v) is 1.66. The molecular weight excluding hydrogens is 258 g/mol. The van der Waals surface area contributed by atoms with E-state index in [1.165, 1.54) is 4.90 Å². The van der Waals surface area contributed by atoms with Crippen LogP contribution >= 0.6 is 0 Å². The number of carbonyl (C=O) groups excluding carboxylic acids is 1. The minimum Gasteiger partial charge on any atom is -0.477 e. The van der Waals surface area contributed by atoms with Gasteiger partial charge in [-0.1, -0.05) is 25.1 Å². The van der Waals surface area contributed by atoms with Crippen molar-refractivity contribution < 1.29 is 14.7 Å². The Morgan fingerprint density at radius 2 is 1.95 bits per heavy atom. The first-order valence-corrected chi connectivity index (χ1v) is 6.29. The second kappa shape index (κ2) is 7.28. The van der Waals surface area contributed by atoms with Crippen molar-refractivity contribution in [2.24, 2.45) is 5.92 Å². The lowest BCUT2D eigenvalue weighted by molar-refractivity contribution is -0.129. The Labute approximate surface area is 117 Å². The highest BCUT2D eigenvalue weighted by Gasteiger charge is 2.15. The van der Waals surface area contributed by atoms with Crippen LogP contribution in [0.1, 0.15) is 13.3 Å². The minimum absolute atomic E-state index is 0.105. The summed E-state index contributed by atoms with van der Waals surface area (Å²) in [7, 11) is 1.66. The summed E-state index contributed by atoms with van der Waals surface area (Å²) in [6.07, 6.45) is 0.130. The van der Waals surface area contributed by atoms with Crippen LogP contribution in [0.2, 0.25) is 0 Å². The lowest BCUT2D eigenvalue weighted by Gasteiger charge is -2.19. The molecule has 0 aliphatic carbocycles. The summed E-state index contributed by atoms with van der Waals surface area (Å²) in [5, 5.41) is 18.6. The first-order valence-electron chi connectivity index (χ1n) is 6.29. The van der Waals surface area contributed by atoms with Gasteiger partial charge in [0.05, 0.1) is 0 Å². The molecule has 0 bridgehead atoms. The van der Waals surface area contributed by atoms with Crippen molar-refractivity contribution in [3.63, 3.8) is 0 Å². The first-order chi connectivity index (χ1) is 9.41. The van der Waals surface area contributed by atoms with Crippen molar-refractivity contribution in [2.45, 2.75) is 13.3 Å². The zero-order valence-electron chi connectivity index (χ0n) is 11.6. The van der Waals surface area contributed by atoms with E-state index in [1.54, 1.807) is 14.0 Å². The van der Waals surface area contributed by atoms with Gasteiger partial charge in [-0.05, 0) is 18.1 Å². The number of hydrogen-bond donors (Lipinski definition) is 3. The third-order valence-corrected chi connectivity index (χ3v) is 2.86. The average Bonchev–Trinajstić information content (AvgIpc) is 2.44. The van der Waals surface area contributed by atoms with E-state index in [-0.39, 0.29) is 24.1 Å². The Kier molecular flexibility index (Phi) is 5.71. The molecule has 3 N–H and O–H groups in total. The zero-order valence-corrected chi connectivity index (χ0v) is 11.6. The number of anilines is 1. The van der Waals surface area contributed by atoms with Crippen LogP contribution in [-0.2, 0) is 4.79 Å². The number of benzene rings is 1. The molecule has 0 spiro atoms. The molecule has 1 rings (SSSR count). The molecule has 0 fully saturated rings. The van der Waals surface area contributed by atoms with Gasteiger partial charge in [0.1, 0.15) is 5.71 Å². The Hall–Kier alpha value is -2.37. The molecule has 1 aromatic rings. The second-order valence-electron chi connectivity index (χ2n) is 4.67. The second-order valence-corrected chi connectivity index (χ2v) is 4.67. The normalized spacial score (nSPS) is 11.5. The molecular formula is C14H19N3O3. The van der Waals surface area contributed by atoms with Gasteiger partial charge in [-0.2, -0.15) is 0 Å². The largest absolute Gasteiger partial charge is 0.477 e. The molecule has 0 radical (unpaired) electrons. The van der Waals surface area contributed by atoms with Gasteiger partial charge in [0.15, 0.2) is 0 Å². The number of carboxylic acids is 1. The maximum absolute atomic E-state index is 11.9. The van der Waals surface area contributed by atoms with Crippen LogP contribution in [0.5, 0.6) is 0 Å². The molecule has 0 saturated carbocycles. The van der Waals surface area contributed by atoms with Crippen LogP contribution in [0.15, 0.2) is 30.3 Å². The van der Waals surface area contributed by atoms with Gasteiger partial charge in [-0.25, -0.2) is 9.59 Å². The number of para-hydroxylation sites is 1. The number of rotatable bonds is 6. The van der Waals surface area contributed by atoms with Crippen LogP contribution in [0.25, 0.3) is 0 Å². The topological polar surface area (TPSA) is 93.5 Å². The van der Waals surface area contributed by atoms with Crippen molar-refractivity contribution in [3.8, 4) is 0 Å². The number of carbonyl (C=O) groups is 2. The number of nitrogens with zero attached hydrogens (tertiary/aromatic N) is 1. The predicted octanol–water partition coefficient (Wildman–Crippen LogP) is 1.96. The van der Waals surface area contributed by atoms with Crippen molar-refractivity contribution in [1.29, 1.82) is 5.41 Å². The number of nitrogens with one attached hydrogen (secondary N) is 2. The van der Waals surface area contributed by atoms with Crippen LogP contribution < -0.4 is 10.2 Å². The highest BCUT2D eigenvalue weighted by Crippen LogP contribution is 2.11. The molecule has 6 nitrogen and oxygen atoms in total. The number of carboxylic acid groups (broad SMARTS) is 1. The van der Waals surface area contributed by atoms with E-state index in [1.807, 2.05) is 30.3 Å². The van der Waals surface area contributed by atoms with Crippen molar-refractivity contribution in [3.05, 3.63) is 30.3 Å². The van der Waals surface area contributed by atoms with Crippen LogP contribution in [0.3, 0.4) is 0 Å². The highest BCUT2D eigenvalue weighted by molar-refractivity contribution is 6.34. The highest BCUT2D eigenvalue weighted by atomic mass is 16.4. The molecule has 1 unspecified atom stereocenters. The number of hydrogen-bond acceptors (Lipinski definition) is 3. The van der Waals surface area contributed by atoms with Crippen LogP contribution in [0.4, 0.5) is 10.5 Å².